The van der Waals surface area contributed by atoms with Crippen LogP contribution in [0.15, 0.2) is 24.4 Å². The standard InChI is InChI=1S/C10H4F2N2/c11-7-3-8-6(5-13)1-2-14-10(8)9(12)4-7/h1-4H. The fourth-order valence-corrected chi connectivity index (χ4v) is 1.28. The molecular formula is C10H4F2N2. The van der Waals surface area contributed by atoms with Crippen LogP contribution in [0.2, 0.25) is 0 Å². The minimum atomic E-state index is -0.753. The molecular weight excluding hydrogens is 186 g/mol. The van der Waals surface area contributed by atoms with E-state index in [1.807, 2.05) is 6.07 Å². The largest absolute Gasteiger partial charge is 0.253 e. The van der Waals surface area contributed by atoms with Crippen LogP contribution < -0.4 is 0 Å². The average Bonchev–Trinajstić information content (AvgIpc) is 2.17. The van der Waals surface area contributed by atoms with Crippen molar-refractivity contribution in [1.29, 1.82) is 5.26 Å². The molecule has 0 aliphatic carbocycles. The van der Waals surface area contributed by atoms with Gasteiger partial charge in [-0.3, -0.25) is 4.98 Å². The van der Waals surface area contributed by atoms with Crippen LogP contribution in [-0.4, -0.2) is 4.98 Å². The maximum Gasteiger partial charge on any atom is 0.152 e. The quantitative estimate of drug-likeness (QED) is 0.639. The van der Waals surface area contributed by atoms with Crippen LogP contribution in [-0.2, 0) is 0 Å². The van der Waals surface area contributed by atoms with Crippen LogP contribution in [0.4, 0.5) is 8.78 Å². The molecule has 0 aliphatic heterocycles. The van der Waals surface area contributed by atoms with Gasteiger partial charge in [-0.25, -0.2) is 8.78 Å². The predicted octanol–water partition coefficient (Wildman–Crippen LogP) is 2.38. The lowest BCUT2D eigenvalue weighted by molar-refractivity contribution is 0.590. The van der Waals surface area contributed by atoms with Crippen LogP contribution in [0.1, 0.15) is 5.56 Å². The number of halogens is 2. The van der Waals surface area contributed by atoms with Gasteiger partial charge in [-0.05, 0) is 12.1 Å². The van der Waals surface area contributed by atoms with Gasteiger partial charge in [0.15, 0.2) is 5.82 Å². The second-order valence-corrected chi connectivity index (χ2v) is 2.75. The van der Waals surface area contributed by atoms with E-state index in [4.69, 9.17) is 5.26 Å². The molecule has 68 valence electrons. The van der Waals surface area contributed by atoms with Crippen LogP contribution in [0.25, 0.3) is 10.9 Å². The SMILES string of the molecule is N#Cc1ccnc2c(F)cc(F)cc12. The fraction of sp³-hybridized carbons (Fsp3) is 0. The first-order valence-electron chi connectivity index (χ1n) is 3.86. The Kier molecular flexibility index (Phi) is 1.86. The van der Waals surface area contributed by atoms with E-state index in [2.05, 4.69) is 4.98 Å². The molecule has 0 radical (unpaired) electrons. The summed E-state index contributed by atoms with van der Waals surface area (Å²) in [5.41, 5.74) is 0.235. The van der Waals surface area contributed by atoms with Crippen molar-refractivity contribution >= 4 is 10.9 Å². The Hall–Kier alpha value is -2.02. The zero-order valence-electron chi connectivity index (χ0n) is 6.96. The number of nitrogens with zero attached hydrogens (tertiary/aromatic N) is 2. The molecule has 0 saturated heterocycles. The number of hydrogen-bond acceptors (Lipinski definition) is 2. The Labute approximate surface area is 78.4 Å². The molecule has 2 nitrogen and oxygen atoms in total. The van der Waals surface area contributed by atoms with Crippen LogP contribution >= 0.6 is 0 Å². The molecule has 0 unspecified atom stereocenters. The third-order valence-electron chi connectivity index (χ3n) is 1.88. The van der Waals surface area contributed by atoms with E-state index in [0.717, 1.165) is 12.1 Å². The molecule has 0 spiro atoms. The maximum absolute atomic E-state index is 13.2. The highest BCUT2D eigenvalue weighted by molar-refractivity contribution is 5.84. The second-order valence-electron chi connectivity index (χ2n) is 2.75. The smallest absolute Gasteiger partial charge is 0.152 e. The molecule has 0 bridgehead atoms. The molecule has 0 amide bonds. The lowest BCUT2D eigenvalue weighted by Gasteiger charge is -2.00. The van der Waals surface area contributed by atoms with Gasteiger partial charge in [-0.2, -0.15) is 5.26 Å². The lowest BCUT2D eigenvalue weighted by atomic mass is 10.1. The molecule has 1 aromatic carbocycles. The third-order valence-corrected chi connectivity index (χ3v) is 1.88. The van der Waals surface area contributed by atoms with Gasteiger partial charge in [-0.1, -0.05) is 0 Å². The molecule has 0 atom stereocenters. The summed E-state index contributed by atoms with van der Waals surface area (Å²) in [4.78, 5) is 3.74. The molecule has 2 rings (SSSR count). The summed E-state index contributed by atoms with van der Waals surface area (Å²) < 4.78 is 26.0. The minimum absolute atomic E-state index is 0.0189. The Morgan fingerprint density at radius 2 is 2.07 bits per heavy atom. The van der Waals surface area contributed by atoms with Gasteiger partial charge in [0.25, 0.3) is 0 Å². The number of hydrogen-bond donors (Lipinski definition) is 0. The summed E-state index contributed by atoms with van der Waals surface area (Å²) in [5, 5.41) is 8.90. The molecule has 0 aliphatic rings. The zero-order chi connectivity index (χ0) is 10.1. The van der Waals surface area contributed by atoms with Crippen molar-refractivity contribution < 1.29 is 8.78 Å². The van der Waals surface area contributed by atoms with Crippen molar-refractivity contribution in [2.45, 2.75) is 0 Å². The summed E-state index contributed by atoms with van der Waals surface area (Å²) >= 11 is 0. The van der Waals surface area contributed by atoms with Crippen molar-refractivity contribution in [2.75, 3.05) is 0 Å². The Morgan fingerprint density at radius 3 is 2.79 bits per heavy atom. The van der Waals surface area contributed by atoms with Crippen molar-refractivity contribution in [3.8, 4) is 6.07 Å². The summed E-state index contributed by atoms with van der Waals surface area (Å²) in [5.74, 6) is -1.46. The van der Waals surface area contributed by atoms with Crippen molar-refractivity contribution in [2.24, 2.45) is 0 Å². The number of aromatic nitrogens is 1. The zero-order valence-corrected chi connectivity index (χ0v) is 6.96. The van der Waals surface area contributed by atoms with Crippen LogP contribution in [0.5, 0.6) is 0 Å². The van der Waals surface area contributed by atoms with Gasteiger partial charge in [0, 0.05) is 17.6 Å². The van der Waals surface area contributed by atoms with E-state index in [0.29, 0.717) is 0 Å². The van der Waals surface area contributed by atoms with Gasteiger partial charge >= 0.3 is 0 Å². The maximum atomic E-state index is 13.2. The van der Waals surface area contributed by atoms with E-state index in [1.54, 1.807) is 0 Å². The highest BCUT2D eigenvalue weighted by atomic mass is 19.1. The summed E-state index contributed by atoms with van der Waals surface area (Å²) in [7, 11) is 0. The molecule has 14 heavy (non-hydrogen) atoms. The first-order valence-corrected chi connectivity index (χ1v) is 3.86. The van der Waals surface area contributed by atoms with Crippen molar-refractivity contribution in [3.05, 3.63) is 41.6 Å². The van der Waals surface area contributed by atoms with Crippen molar-refractivity contribution in [3.63, 3.8) is 0 Å². The van der Waals surface area contributed by atoms with E-state index in [-0.39, 0.29) is 16.5 Å². The van der Waals surface area contributed by atoms with Gasteiger partial charge in [0.1, 0.15) is 11.3 Å². The fourth-order valence-electron chi connectivity index (χ4n) is 1.28. The number of fused-ring (bicyclic) bond motifs is 1. The van der Waals surface area contributed by atoms with E-state index >= 15 is 0 Å². The van der Waals surface area contributed by atoms with Gasteiger partial charge in [0.2, 0.25) is 0 Å². The lowest BCUT2D eigenvalue weighted by Crippen LogP contribution is -1.89. The number of pyridine rings is 1. The Balaban J connectivity index is 2.95. The molecule has 2 aromatic rings. The number of rotatable bonds is 0. The molecule has 0 fully saturated rings. The molecule has 4 heteroatoms. The van der Waals surface area contributed by atoms with E-state index in [9.17, 15) is 8.78 Å². The normalized spacial score (nSPS) is 10.1. The van der Waals surface area contributed by atoms with Gasteiger partial charge in [0.05, 0.1) is 11.6 Å². The highest BCUT2D eigenvalue weighted by Crippen LogP contribution is 2.20. The van der Waals surface area contributed by atoms with Crippen LogP contribution in [0.3, 0.4) is 0 Å². The summed E-state index contributed by atoms with van der Waals surface area (Å²) in [6.07, 6.45) is 1.32. The number of nitriles is 1. The van der Waals surface area contributed by atoms with E-state index in [1.165, 1.54) is 12.3 Å². The average molecular weight is 190 g/mol. The monoisotopic (exact) mass is 190 g/mol. The first kappa shape index (κ1) is 8.57. The predicted molar refractivity (Wildman–Crippen MR) is 46.4 cm³/mol. The third kappa shape index (κ3) is 1.19. The summed E-state index contributed by atoms with van der Waals surface area (Å²) in [6, 6.07) is 5.12. The first-order chi connectivity index (χ1) is 6.72. The topological polar surface area (TPSA) is 36.7 Å². The molecule has 0 N–H and O–H groups in total. The second kappa shape index (κ2) is 3.04. The van der Waals surface area contributed by atoms with Crippen LogP contribution in [0, 0.1) is 23.0 Å². The van der Waals surface area contributed by atoms with E-state index < -0.39 is 11.6 Å². The molecule has 0 saturated carbocycles. The summed E-state index contributed by atoms with van der Waals surface area (Å²) in [6.45, 7) is 0. The highest BCUT2D eigenvalue weighted by Gasteiger charge is 2.08. The van der Waals surface area contributed by atoms with Gasteiger partial charge < -0.3 is 0 Å². The van der Waals surface area contributed by atoms with Crippen molar-refractivity contribution in [1.82, 2.24) is 4.98 Å². The minimum Gasteiger partial charge on any atom is -0.253 e. The Bertz CT molecular complexity index is 544. The van der Waals surface area contributed by atoms with Gasteiger partial charge in [-0.15, -0.1) is 0 Å². The number of benzene rings is 1. The molecule has 1 heterocycles. The Morgan fingerprint density at radius 1 is 1.29 bits per heavy atom. The molecule has 1 aromatic heterocycles.